The summed E-state index contributed by atoms with van der Waals surface area (Å²) in [6, 6.07) is 7.18. The fraction of sp³-hybridized carbons (Fsp3) is 0.118. The van der Waals surface area contributed by atoms with Crippen LogP contribution in [0.2, 0.25) is 0 Å². The van der Waals surface area contributed by atoms with Gasteiger partial charge in [-0.3, -0.25) is 0 Å². The molecule has 0 aliphatic heterocycles. The van der Waals surface area contributed by atoms with Crippen LogP contribution in [0.15, 0.2) is 42.6 Å². The van der Waals surface area contributed by atoms with E-state index in [2.05, 4.69) is 21.0 Å². The third kappa shape index (κ3) is 4.33. The smallest absolute Gasteiger partial charge is 0.435 e. The quantitative estimate of drug-likeness (QED) is 0.501. The summed E-state index contributed by atoms with van der Waals surface area (Å²) in [5, 5.41) is 3.43. The van der Waals surface area contributed by atoms with Crippen molar-refractivity contribution in [3.05, 3.63) is 54.1 Å². The van der Waals surface area contributed by atoms with E-state index >= 15 is 0 Å². The fourth-order valence-corrected chi connectivity index (χ4v) is 1.98. The topological polar surface area (TPSA) is 62.1 Å². The van der Waals surface area contributed by atoms with Crippen molar-refractivity contribution in [1.82, 2.24) is 19.7 Å². The maximum atomic E-state index is 13.0. The van der Waals surface area contributed by atoms with Crippen molar-refractivity contribution in [2.45, 2.75) is 6.18 Å². The molecule has 0 bridgehead atoms. The van der Waals surface area contributed by atoms with Crippen molar-refractivity contribution in [1.29, 1.82) is 0 Å². The number of hydrogen-bond acceptors (Lipinski definition) is 5. The molecular weight excluding hydrogens is 368 g/mol. The molecule has 10 heteroatoms. The first-order valence-electron chi connectivity index (χ1n) is 7.37. The third-order valence-corrected chi connectivity index (χ3v) is 3.11. The van der Waals surface area contributed by atoms with E-state index in [1.807, 2.05) is 0 Å². The molecule has 0 radical (unpaired) electrons. The largest absolute Gasteiger partial charge is 0.464 e. The summed E-state index contributed by atoms with van der Waals surface area (Å²) in [4.78, 5) is 7.88. The van der Waals surface area contributed by atoms with Crippen molar-refractivity contribution in [3.63, 3.8) is 0 Å². The number of ether oxygens (including phenoxy) is 2. The molecule has 0 atom stereocenters. The number of benzene rings is 1. The zero-order valence-corrected chi connectivity index (χ0v) is 13.4. The van der Waals surface area contributed by atoms with Gasteiger partial charge in [0.1, 0.15) is 11.6 Å². The van der Waals surface area contributed by atoms with E-state index in [9.17, 15) is 17.6 Å². The highest BCUT2D eigenvalue weighted by molar-refractivity contribution is 5.31. The van der Waals surface area contributed by atoms with E-state index in [-0.39, 0.29) is 30.1 Å². The first kappa shape index (κ1) is 18.2. The van der Waals surface area contributed by atoms with Gasteiger partial charge in [-0.15, -0.1) is 6.42 Å². The van der Waals surface area contributed by atoms with Crippen LogP contribution in [-0.2, 0) is 6.18 Å². The van der Waals surface area contributed by atoms with Crippen LogP contribution < -0.4 is 9.47 Å². The second-order valence-corrected chi connectivity index (χ2v) is 5.02. The third-order valence-electron chi connectivity index (χ3n) is 3.11. The van der Waals surface area contributed by atoms with E-state index in [0.717, 1.165) is 4.68 Å². The SMILES string of the molecule is C#CCOc1cc(C(F)(F)F)nn1-c1nccc(Oc2ccc(F)cc2)n1. The Labute approximate surface area is 150 Å². The summed E-state index contributed by atoms with van der Waals surface area (Å²) in [6.45, 7) is -0.269. The van der Waals surface area contributed by atoms with Crippen LogP contribution in [0.25, 0.3) is 5.95 Å². The summed E-state index contributed by atoms with van der Waals surface area (Å²) in [7, 11) is 0. The van der Waals surface area contributed by atoms with Crippen LogP contribution in [-0.4, -0.2) is 26.4 Å². The number of alkyl halides is 3. The Bertz CT molecular complexity index is 978. The molecule has 0 saturated carbocycles. The molecular formula is C17H10F4N4O2. The standard InChI is InChI=1S/C17H10F4N4O2/c1-2-9-26-15-10-13(17(19,20)21)24-25(15)16-22-8-7-14(23-16)27-12-5-3-11(18)4-6-12/h1,3-8,10H,9H2. The minimum absolute atomic E-state index is 0.0126. The van der Waals surface area contributed by atoms with Crippen LogP contribution in [0, 0.1) is 18.2 Å². The Morgan fingerprint density at radius 1 is 1.15 bits per heavy atom. The average Bonchev–Trinajstić information content (AvgIpc) is 3.07. The molecule has 0 amide bonds. The van der Waals surface area contributed by atoms with Gasteiger partial charge < -0.3 is 9.47 Å². The molecule has 3 rings (SSSR count). The number of rotatable bonds is 5. The van der Waals surface area contributed by atoms with Crippen LogP contribution in [0.5, 0.6) is 17.5 Å². The predicted octanol–water partition coefficient (Wildman–Crippen LogP) is 3.62. The Morgan fingerprint density at radius 3 is 2.56 bits per heavy atom. The molecule has 2 aromatic heterocycles. The van der Waals surface area contributed by atoms with Gasteiger partial charge in [-0.1, -0.05) is 5.92 Å². The van der Waals surface area contributed by atoms with E-state index in [1.165, 1.54) is 36.5 Å². The molecule has 0 aliphatic rings. The number of aromatic nitrogens is 4. The number of nitrogens with zero attached hydrogens (tertiary/aromatic N) is 4. The zero-order chi connectivity index (χ0) is 19.4. The van der Waals surface area contributed by atoms with E-state index < -0.39 is 17.7 Å². The number of hydrogen-bond donors (Lipinski definition) is 0. The first-order valence-corrected chi connectivity index (χ1v) is 7.37. The summed E-state index contributed by atoms with van der Waals surface area (Å²) in [5.74, 6) is 1.49. The van der Waals surface area contributed by atoms with Gasteiger partial charge in [0.05, 0.1) is 0 Å². The number of terminal acetylenes is 1. The molecule has 0 spiro atoms. The van der Waals surface area contributed by atoms with Gasteiger partial charge in [0.15, 0.2) is 12.3 Å². The van der Waals surface area contributed by atoms with Gasteiger partial charge in [0.25, 0.3) is 5.95 Å². The molecule has 1 aromatic carbocycles. The van der Waals surface area contributed by atoms with Crippen LogP contribution in [0.3, 0.4) is 0 Å². The van der Waals surface area contributed by atoms with Crippen molar-refractivity contribution < 1.29 is 27.0 Å². The Balaban J connectivity index is 1.94. The summed E-state index contributed by atoms with van der Waals surface area (Å²) in [6.07, 6.45) is 1.65. The van der Waals surface area contributed by atoms with Crippen molar-refractivity contribution in [2.75, 3.05) is 6.61 Å². The Morgan fingerprint density at radius 2 is 1.89 bits per heavy atom. The minimum Gasteiger partial charge on any atom is -0.464 e. The van der Waals surface area contributed by atoms with Crippen molar-refractivity contribution in [2.24, 2.45) is 0 Å². The first-order chi connectivity index (χ1) is 12.9. The van der Waals surface area contributed by atoms with Crippen LogP contribution in [0.1, 0.15) is 5.69 Å². The Kier molecular flexibility index (Phi) is 4.94. The van der Waals surface area contributed by atoms with Gasteiger partial charge in [0.2, 0.25) is 11.8 Å². The average molecular weight is 378 g/mol. The lowest BCUT2D eigenvalue weighted by Crippen LogP contribution is -2.10. The molecule has 3 aromatic rings. The molecule has 0 saturated heterocycles. The molecule has 0 N–H and O–H groups in total. The molecule has 0 unspecified atom stereocenters. The predicted molar refractivity (Wildman–Crippen MR) is 85.0 cm³/mol. The van der Waals surface area contributed by atoms with Gasteiger partial charge in [-0.2, -0.15) is 27.9 Å². The summed E-state index contributed by atoms with van der Waals surface area (Å²) < 4.78 is 63.1. The van der Waals surface area contributed by atoms with E-state index in [0.29, 0.717) is 6.07 Å². The summed E-state index contributed by atoms with van der Waals surface area (Å²) >= 11 is 0. The van der Waals surface area contributed by atoms with E-state index in [1.54, 1.807) is 0 Å². The zero-order valence-electron chi connectivity index (χ0n) is 13.4. The molecule has 6 nitrogen and oxygen atoms in total. The Hall–Kier alpha value is -3.61. The number of halogens is 4. The monoisotopic (exact) mass is 378 g/mol. The lowest BCUT2D eigenvalue weighted by Gasteiger charge is -2.08. The van der Waals surface area contributed by atoms with Gasteiger partial charge >= 0.3 is 6.18 Å². The molecule has 27 heavy (non-hydrogen) atoms. The van der Waals surface area contributed by atoms with Gasteiger partial charge in [-0.25, -0.2) is 9.37 Å². The second kappa shape index (κ2) is 7.33. The lowest BCUT2D eigenvalue weighted by atomic mass is 10.3. The van der Waals surface area contributed by atoms with Crippen LogP contribution in [0.4, 0.5) is 17.6 Å². The lowest BCUT2D eigenvalue weighted by molar-refractivity contribution is -0.141. The van der Waals surface area contributed by atoms with Crippen LogP contribution >= 0.6 is 0 Å². The summed E-state index contributed by atoms with van der Waals surface area (Å²) in [5.41, 5.74) is -1.19. The molecule has 0 fully saturated rings. The normalized spacial score (nSPS) is 11.1. The second-order valence-electron chi connectivity index (χ2n) is 5.02. The minimum atomic E-state index is -4.69. The van der Waals surface area contributed by atoms with Crippen molar-refractivity contribution in [3.8, 4) is 35.8 Å². The highest BCUT2D eigenvalue weighted by Gasteiger charge is 2.36. The molecule has 2 heterocycles. The fourth-order valence-electron chi connectivity index (χ4n) is 1.98. The maximum absolute atomic E-state index is 13.0. The van der Waals surface area contributed by atoms with Gasteiger partial charge in [0, 0.05) is 18.3 Å². The van der Waals surface area contributed by atoms with Crippen molar-refractivity contribution >= 4 is 0 Å². The highest BCUT2D eigenvalue weighted by Crippen LogP contribution is 2.32. The maximum Gasteiger partial charge on any atom is 0.435 e. The highest BCUT2D eigenvalue weighted by atomic mass is 19.4. The van der Waals surface area contributed by atoms with E-state index in [4.69, 9.17) is 15.9 Å². The molecule has 0 aliphatic carbocycles. The van der Waals surface area contributed by atoms with Gasteiger partial charge in [-0.05, 0) is 24.3 Å². The molecule has 138 valence electrons.